The molecular formula is C37H50BrN5O7. The first-order valence-corrected chi connectivity index (χ1v) is 18.5. The molecule has 2 aromatic rings. The van der Waals surface area contributed by atoms with Crippen molar-refractivity contribution in [2.24, 2.45) is 5.92 Å². The van der Waals surface area contributed by atoms with Crippen molar-refractivity contribution in [3.05, 3.63) is 58.1 Å². The summed E-state index contributed by atoms with van der Waals surface area (Å²) in [5.41, 5.74) is 3.10. The molecule has 3 saturated heterocycles. The summed E-state index contributed by atoms with van der Waals surface area (Å²) in [4.78, 5) is 56.7. The van der Waals surface area contributed by atoms with Crippen LogP contribution in [0.4, 0.5) is 15.3 Å². The second-order valence-electron chi connectivity index (χ2n) is 13.6. The maximum Gasteiger partial charge on any atom is 0.409 e. The number of esters is 1. The number of anilines is 1. The number of carbonyl (C=O) groups is 4. The Morgan fingerprint density at radius 2 is 1.58 bits per heavy atom. The molecule has 4 heterocycles. The number of urea groups is 1. The van der Waals surface area contributed by atoms with E-state index in [2.05, 4.69) is 32.2 Å². The Morgan fingerprint density at radius 1 is 0.900 bits per heavy atom. The monoisotopic (exact) mass is 755 g/mol. The number of likely N-dealkylation sites (tertiary alicyclic amines) is 3. The number of methoxy groups -OCH3 is 2. The maximum atomic E-state index is 12.9. The number of halogens is 1. The number of benzene rings is 2. The number of nitrogens with one attached hydrogen (secondary N) is 1. The third-order valence-electron chi connectivity index (χ3n) is 10.5. The van der Waals surface area contributed by atoms with Crippen LogP contribution in [0.5, 0.6) is 5.75 Å². The molecule has 4 amide bonds. The highest BCUT2D eigenvalue weighted by molar-refractivity contribution is 9.10. The summed E-state index contributed by atoms with van der Waals surface area (Å²) in [6, 6.07) is 13.7. The number of fused-ring (bicyclic) bond motifs is 1. The van der Waals surface area contributed by atoms with Gasteiger partial charge in [0.25, 0.3) is 0 Å². The summed E-state index contributed by atoms with van der Waals surface area (Å²) in [6.07, 6.45) is 6.49. The Labute approximate surface area is 303 Å². The van der Waals surface area contributed by atoms with Crippen LogP contribution in [0.2, 0.25) is 0 Å². The number of nitrogens with zero attached hydrogens (tertiary/aromatic N) is 4. The lowest BCUT2D eigenvalue weighted by atomic mass is 9.97. The minimum Gasteiger partial charge on any atom is -0.507 e. The molecule has 13 heteroatoms. The van der Waals surface area contributed by atoms with Gasteiger partial charge in [0.1, 0.15) is 11.8 Å². The number of ether oxygens (including phenoxy) is 2. The lowest BCUT2D eigenvalue weighted by molar-refractivity contribution is -0.147. The average molecular weight is 757 g/mol. The predicted octanol–water partition coefficient (Wildman–Crippen LogP) is 5.27. The van der Waals surface area contributed by atoms with Gasteiger partial charge in [-0.2, -0.15) is 0 Å². The van der Waals surface area contributed by atoms with Gasteiger partial charge >= 0.3 is 18.1 Å². The van der Waals surface area contributed by atoms with Crippen LogP contribution in [0.3, 0.4) is 0 Å². The van der Waals surface area contributed by atoms with Gasteiger partial charge in [-0.15, -0.1) is 0 Å². The number of amides is 4. The lowest BCUT2D eigenvalue weighted by Gasteiger charge is -2.39. The number of aromatic hydroxyl groups is 1. The van der Waals surface area contributed by atoms with Crippen molar-refractivity contribution in [1.82, 2.24) is 19.6 Å². The third-order valence-corrected chi connectivity index (χ3v) is 11.1. The van der Waals surface area contributed by atoms with Crippen LogP contribution in [0, 0.1) is 5.92 Å². The molecular weight excluding hydrogens is 706 g/mol. The van der Waals surface area contributed by atoms with Crippen molar-refractivity contribution in [1.29, 1.82) is 0 Å². The molecule has 0 spiro atoms. The van der Waals surface area contributed by atoms with Crippen molar-refractivity contribution in [2.75, 3.05) is 58.8 Å². The summed E-state index contributed by atoms with van der Waals surface area (Å²) in [7, 11) is 2.85. The second kappa shape index (κ2) is 17.4. The number of rotatable bonds is 6. The molecule has 0 aromatic heterocycles. The number of carbonyl (C=O) groups excluding carboxylic acids is 4. The fourth-order valence-electron chi connectivity index (χ4n) is 7.69. The van der Waals surface area contributed by atoms with Crippen LogP contribution in [0.15, 0.2) is 46.9 Å². The molecule has 2 aromatic carbocycles. The quantitative estimate of drug-likeness (QED) is 0.382. The van der Waals surface area contributed by atoms with E-state index < -0.39 is 0 Å². The lowest BCUT2D eigenvalue weighted by Crippen LogP contribution is -2.51. The van der Waals surface area contributed by atoms with E-state index in [0.717, 1.165) is 75.8 Å². The van der Waals surface area contributed by atoms with E-state index >= 15 is 0 Å². The van der Waals surface area contributed by atoms with Gasteiger partial charge in [-0.1, -0.05) is 31.2 Å². The van der Waals surface area contributed by atoms with Gasteiger partial charge in [0.05, 0.1) is 18.7 Å². The van der Waals surface area contributed by atoms with Gasteiger partial charge in [-0.05, 0) is 103 Å². The number of hydrogen-bond donors (Lipinski definition) is 2. The van der Waals surface area contributed by atoms with E-state index in [4.69, 9.17) is 9.47 Å². The van der Waals surface area contributed by atoms with Gasteiger partial charge in [0.2, 0.25) is 5.91 Å². The van der Waals surface area contributed by atoms with Gasteiger partial charge in [-0.3, -0.25) is 14.5 Å². The molecule has 0 saturated carbocycles. The van der Waals surface area contributed by atoms with Crippen LogP contribution in [0.1, 0.15) is 56.6 Å². The zero-order valence-electron chi connectivity index (χ0n) is 29.3. The summed E-state index contributed by atoms with van der Waals surface area (Å²) in [5.74, 6) is 0.137. The molecule has 4 aliphatic heterocycles. The van der Waals surface area contributed by atoms with Crippen LogP contribution in [0.25, 0.3) is 0 Å². The van der Waals surface area contributed by atoms with Crippen LogP contribution in [-0.4, -0.2) is 120 Å². The molecule has 12 nitrogen and oxygen atoms in total. The third kappa shape index (κ3) is 9.08. The zero-order valence-corrected chi connectivity index (χ0v) is 30.9. The fourth-order valence-corrected chi connectivity index (χ4v) is 8.12. The van der Waals surface area contributed by atoms with E-state index in [9.17, 15) is 24.3 Å². The fraction of sp³-hybridized carbons (Fsp3) is 0.568. The first-order chi connectivity index (χ1) is 24.1. The zero-order chi connectivity index (χ0) is 35.8. The molecule has 0 unspecified atom stereocenters. The van der Waals surface area contributed by atoms with E-state index in [-0.39, 0.29) is 47.8 Å². The molecule has 0 aliphatic carbocycles. The Bertz CT molecular complexity index is 1510. The van der Waals surface area contributed by atoms with E-state index in [0.29, 0.717) is 36.6 Å². The Kier molecular flexibility index (Phi) is 13.0. The van der Waals surface area contributed by atoms with Crippen molar-refractivity contribution >= 4 is 45.6 Å². The van der Waals surface area contributed by atoms with Gasteiger partial charge < -0.3 is 34.6 Å². The molecule has 272 valence electrons. The Hall–Kier alpha value is -3.84. The minimum atomic E-state index is -0.286. The maximum absolute atomic E-state index is 12.9. The highest BCUT2D eigenvalue weighted by atomic mass is 79.9. The molecule has 2 N–H and O–H groups in total. The van der Waals surface area contributed by atoms with Crippen molar-refractivity contribution in [3.63, 3.8) is 0 Å². The molecule has 0 bridgehead atoms. The summed E-state index contributed by atoms with van der Waals surface area (Å²) >= 11 is 3.33. The molecule has 50 heavy (non-hydrogen) atoms. The van der Waals surface area contributed by atoms with Crippen LogP contribution >= 0.6 is 15.9 Å². The number of hydrogen-bond acceptors (Lipinski definition) is 8. The predicted molar refractivity (Wildman–Crippen MR) is 193 cm³/mol. The molecule has 2 atom stereocenters. The first-order valence-electron chi connectivity index (χ1n) is 17.7. The SMILES string of the molecule is COC(=O)N1CCC(N2CCc3ccccc3NC2=O)CC1.COC(=O)[C@@H]1CCCN1C1CCN(C(=O)[C@H](C)Cc2ccc(O)c(Br)c2)CC1. The number of para-hydroxylation sites is 1. The summed E-state index contributed by atoms with van der Waals surface area (Å²) < 4.78 is 10.4. The Balaban J connectivity index is 0.000000200. The van der Waals surface area contributed by atoms with Gasteiger partial charge in [0.15, 0.2) is 0 Å². The molecule has 0 radical (unpaired) electrons. The number of piperidine rings is 2. The van der Waals surface area contributed by atoms with Gasteiger partial charge in [-0.25, -0.2) is 9.59 Å². The van der Waals surface area contributed by atoms with E-state index in [1.807, 2.05) is 47.1 Å². The highest BCUT2D eigenvalue weighted by Gasteiger charge is 2.38. The van der Waals surface area contributed by atoms with Crippen molar-refractivity contribution in [2.45, 2.75) is 76.4 Å². The van der Waals surface area contributed by atoms with Crippen LogP contribution < -0.4 is 5.32 Å². The van der Waals surface area contributed by atoms with Crippen molar-refractivity contribution in [3.8, 4) is 5.75 Å². The van der Waals surface area contributed by atoms with E-state index in [1.54, 1.807) is 11.0 Å². The number of phenolic OH excluding ortho intramolecular Hbond substituents is 1. The first kappa shape index (κ1) is 37.4. The smallest absolute Gasteiger partial charge is 0.409 e. The molecule has 3 fully saturated rings. The van der Waals surface area contributed by atoms with Crippen LogP contribution in [-0.2, 0) is 31.9 Å². The topological polar surface area (TPSA) is 132 Å². The average Bonchev–Trinajstić information content (AvgIpc) is 3.57. The molecule has 6 rings (SSSR count). The van der Waals surface area contributed by atoms with Gasteiger partial charge in [0, 0.05) is 56.4 Å². The highest BCUT2D eigenvalue weighted by Crippen LogP contribution is 2.29. The Morgan fingerprint density at radius 3 is 2.26 bits per heavy atom. The standard InChI is InChI=1S/C21H29BrN2O4.C16H21N3O3/c1-14(12-15-5-6-19(25)17(22)13-15)20(26)23-10-7-16(8-11-23)24-9-3-4-18(24)21(27)28-2;1-22-16(21)18-9-7-13(8-10-18)19-11-6-12-4-2-3-5-14(12)17-15(19)20/h5-6,13-14,16,18,25H,3-4,7-12H2,1-2H3;2-5,13H,6-11H2,1H3,(H,17,20)/t14-,18+;/m1./s1. The normalized spacial score (nSPS) is 20.9. The van der Waals surface area contributed by atoms with E-state index in [1.165, 1.54) is 19.8 Å². The molecule has 4 aliphatic rings. The summed E-state index contributed by atoms with van der Waals surface area (Å²) in [6.45, 7) is 6.34. The van der Waals surface area contributed by atoms with Crippen molar-refractivity contribution < 1.29 is 33.8 Å². The number of phenols is 1. The summed E-state index contributed by atoms with van der Waals surface area (Å²) in [5, 5.41) is 12.6. The largest absolute Gasteiger partial charge is 0.507 e. The minimum absolute atomic E-state index is 0.0403. The second-order valence-corrected chi connectivity index (χ2v) is 14.4.